The molecule has 3 heteroatoms. The molecular formula is C30H43N2O+. The van der Waals surface area contributed by atoms with Crippen molar-refractivity contribution in [2.45, 2.75) is 72.8 Å². The van der Waals surface area contributed by atoms with Gasteiger partial charge in [0.1, 0.15) is 25.6 Å². The largest absolute Gasteiger partial charge is 0.461 e. The Morgan fingerprint density at radius 3 is 2.55 bits per heavy atom. The summed E-state index contributed by atoms with van der Waals surface area (Å²) >= 11 is 0. The molecule has 3 unspecified atom stereocenters. The smallest absolute Gasteiger partial charge is 0.203 e. The van der Waals surface area contributed by atoms with E-state index in [0.29, 0.717) is 11.5 Å². The zero-order chi connectivity index (χ0) is 24.0. The van der Waals surface area contributed by atoms with Crippen LogP contribution in [-0.2, 0) is 0 Å². The SMILES string of the molecule is CCC1(C)CCC2C(CC1)C(C)(C)/C(=C\C=C\c1cc(C)oc3cc(=[N+](C)C)ccc1-3)N2C. The molecule has 2 heterocycles. The molecule has 0 aromatic rings. The molecule has 3 atom stereocenters. The molecule has 0 amide bonds. The van der Waals surface area contributed by atoms with Crippen LogP contribution in [0.15, 0.2) is 46.5 Å². The van der Waals surface area contributed by atoms with Crippen molar-refractivity contribution >= 4 is 6.08 Å². The molecule has 178 valence electrons. The van der Waals surface area contributed by atoms with E-state index in [9.17, 15) is 0 Å². The predicted octanol–water partition coefficient (Wildman–Crippen LogP) is 6.57. The number of allylic oxidation sites excluding steroid dienone is 3. The molecule has 1 saturated heterocycles. The van der Waals surface area contributed by atoms with Crippen LogP contribution in [0.2, 0.25) is 0 Å². The van der Waals surface area contributed by atoms with Gasteiger partial charge in [-0.2, -0.15) is 0 Å². The summed E-state index contributed by atoms with van der Waals surface area (Å²) in [6, 6.07) is 9.27. The molecule has 2 aliphatic carbocycles. The first-order valence-corrected chi connectivity index (χ1v) is 12.7. The van der Waals surface area contributed by atoms with Gasteiger partial charge in [0.15, 0.2) is 0 Å². The maximum atomic E-state index is 6.04. The lowest BCUT2D eigenvalue weighted by atomic mass is 9.73. The van der Waals surface area contributed by atoms with Gasteiger partial charge in [-0.3, -0.25) is 0 Å². The topological polar surface area (TPSA) is 19.4 Å². The summed E-state index contributed by atoms with van der Waals surface area (Å²) in [5.74, 6) is 2.61. The molecule has 1 saturated carbocycles. The summed E-state index contributed by atoms with van der Waals surface area (Å²) in [6.45, 7) is 11.8. The first-order valence-electron chi connectivity index (χ1n) is 12.7. The van der Waals surface area contributed by atoms with Gasteiger partial charge >= 0.3 is 0 Å². The number of hydrogen-bond acceptors (Lipinski definition) is 2. The lowest BCUT2D eigenvalue weighted by molar-refractivity contribution is 0.229. The van der Waals surface area contributed by atoms with Gasteiger partial charge in [-0.05, 0) is 67.7 Å². The number of likely N-dealkylation sites (tertiary alicyclic amines) is 1. The molecule has 0 aromatic carbocycles. The number of aryl methyl sites for hydroxylation is 1. The van der Waals surface area contributed by atoms with E-state index >= 15 is 0 Å². The molecule has 4 aliphatic rings. The van der Waals surface area contributed by atoms with E-state index < -0.39 is 0 Å². The van der Waals surface area contributed by atoms with E-state index in [1.54, 1.807) is 0 Å². The first-order chi connectivity index (χ1) is 15.6. The van der Waals surface area contributed by atoms with Crippen LogP contribution in [0.3, 0.4) is 0 Å². The highest BCUT2D eigenvalue weighted by Gasteiger charge is 2.50. The Labute approximate surface area is 200 Å². The second kappa shape index (κ2) is 8.81. The highest BCUT2D eigenvalue weighted by molar-refractivity contribution is 5.73. The first kappa shape index (κ1) is 23.9. The summed E-state index contributed by atoms with van der Waals surface area (Å²) in [7, 11) is 6.45. The van der Waals surface area contributed by atoms with Crippen molar-refractivity contribution in [2.75, 3.05) is 21.1 Å². The zero-order valence-electron chi connectivity index (χ0n) is 22.0. The van der Waals surface area contributed by atoms with Crippen molar-refractivity contribution in [2.24, 2.45) is 16.7 Å². The third-order valence-corrected chi connectivity index (χ3v) is 8.84. The average molecular weight is 448 g/mol. The van der Waals surface area contributed by atoms with Crippen LogP contribution in [0.1, 0.15) is 71.1 Å². The Morgan fingerprint density at radius 1 is 1.12 bits per heavy atom. The normalized spacial score (nSPS) is 28.5. The quantitative estimate of drug-likeness (QED) is 0.496. The molecule has 2 aliphatic heterocycles. The van der Waals surface area contributed by atoms with E-state index in [4.69, 9.17) is 4.42 Å². The molecule has 33 heavy (non-hydrogen) atoms. The fourth-order valence-corrected chi connectivity index (χ4v) is 6.33. The van der Waals surface area contributed by atoms with Gasteiger partial charge in [-0.1, -0.05) is 46.3 Å². The Balaban J connectivity index is 1.64. The molecule has 0 bridgehead atoms. The van der Waals surface area contributed by atoms with Gasteiger partial charge in [-0.25, -0.2) is 4.58 Å². The lowest BCUT2D eigenvalue weighted by Gasteiger charge is -2.31. The molecule has 4 rings (SSSR count). The van der Waals surface area contributed by atoms with Gasteiger partial charge in [0.25, 0.3) is 0 Å². The monoisotopic (exact) mass is 447 g/mol. The van der Waals surface area contributed by atoms with Crippen molar-refractivity contribution in [1.82, 2.24) is 9.48 Å². The standard InChI is InChI=1S/C30H43N2O/c1-9-30(5)17-15-25-26(16-18-30)32(8)28(29(25,3)4)12-10-11-22-19-21(2)33-27-20-23(31(6)7)13-14-24(22)27/h10-14,19-20,25-26H,9,15-18H2,1-8H3/q+1. The summed E-state index contributed by atoms with van der Waals surface area (Å²) in [5, 5.41) is 1.15. The van der Waals surface area contributed by atoms with Crippen molar-refractivity contribution in [3.8, 4) is 11.3 Å². The highest BCUT2D eigenvalue weighted by atomic mass is 16.3. The van der Waals surface area contributed by atoms with Gasteiger partial charge in [0.05, 0.1) is 6.07 Å². The van der Waals surface area contributed by atoms with Crippen molar-refractivity contribution in [3.05, 3.63) is 58.8 Å². The maximum Gasteiger partial charge on any atom is 0.203 e. The predicted molar refractivity (Wildman–Crippen MR) is 140 cm³/mol. The van der Waals surface area contributed by atoms with Crippen molar-refractivity contribution in [1.29, 1.82) is 0 Å². The molecule has 3 nitrogen and oxygen atoms in total. The van der Waals surface area contributed by atoms with Crippen LogP contribution in [0.25, 0.3) is 17.4 Å². The average Bonchev–Trinajstić information content (AvgIpc) is 2.87. The summed E-state index contributed by atoms with van der Waals surface area (Å²) in [6.07, 6.45) is 13.5. The van der Waals surface area contributed by atoms with Gasteiger partial charge in [-0.15, -0.1) is 0 Å². The number of benzene rings is 1. The highest BCUT2D eigenvalue weighted by Crippen LogP contribution is 2.54. The van der Waals surface area contributed by atoms with E-state index in [2.05, 4.69) is 101 Å². The van der Waals surface area contributed by atoms with E-state index in [1.807, 2.05) is 6.92 Å². The van der Waals surface area contributed by atoms with Gasteiger partial charge < -0.3 is 9.32 Å². The zero-order valence-corrected chi connectivity index (χ0v) is 22.0. The number of hydrogen-bond donors (Lipinski definition) is 0. The Morgan fingerprint density at radius 2 is 1.85 bits per heavy atom. The minimum atomic E-state index is 0.202. The van der Waals surface area contributed by atoms with Crippen LogP contribution < -0.4 is 9.93 Å². The van der Waals surface area contributed by atoms with Gasteiger partial charge in [0, 0.05) is 35.8 Å². The Kier molecular flexibility index (Phi) is 6.37. The van der Waals surface area contributed by atoms with Crippen LogP contribution >= 0.6 is 0 Å². The molecule has 0 aromatic heterocycles. The third kappa shape index (κ3) is 4.44. The van der Waals surface area contributed by atoms with Crippen LogP contribution in [0.4, 0.5) is 0 Å². The lowest BCUT2D eigenvalue weighted by Crippen LogP contribution is -2.29. The molecule has 0 radical (unpaired) electrons. The Bertz CT molecular complexity index is 1110. The number of rotatable bonds is 3. The summed E-state index contributed by atoms with van der Waals surface area (Å²) < 4.78 is 8.15. The summed E-state index contributed by atoms with van der Waals surface area (Å²) in [5.41, 5.74) is 4.57. The van der Waals surface area contributed by atoms with E-state index in [0.717, 1.165) is 28.4 Å². The third-order valence-electron chi connectivity index (χ3n) is 8.84. The van der Waals surface area contributed by atoms with Crippen LogP contribution in [0.5, 0.6) is 0 Å². The molecular weight excluding hydrogens is 404 g/mol. The van der Waals surface area contributed by atoms with Crippen LogP contribution in [-0.4, -0.2) is 32.1 Å². The second-order valence-corrected chi connectivity index (χ2v) is 11.5. The van der Waals surface area contributed by atoms with Crippen molar-refractivity contribution < 1.29 is 4.42 Å². The van der Waals surface area contributed by atoms with Gasteiger partial charge in [0.2, 0.25) is 5.36 Å². The molecule has 0 spiro atoms. The minimum absolute atomic E-state index is 0.202. The fraction of sp³-hybridized carbons (Fsp3) is 0.567. The minimum Gasteiger partial charge on any atom is -0.461 e. The van der Waals surface area contributed by atoms with Crippen LogP contribution in [0, 0.1) is 23.7 Å². The second-order valence-electron chi connectivity index (χ2n) is 11.5. The number of fused-ring (bicyclic) bond motifs is 2. The number of nitrogens with zero attached hydrogens (tertiary/aromatic N) is 2. The summed E-state index contributed by atoms with van der Waals surface area (Å²) in [4.78, 5) is 2.60. The van der Waals surface area contributed by atoms with Crippen molar-refractivity contribution in [3.63, 3.8) is 0 Å². The Hall–Kier alpha value is -2.29. The molecule has 0 N–H and O–H groups in total. The van der Waals surface area contributed by atoms with E-state index in [1.165, 1.54) is 43.4 Å². The fourth-order valence-electron chi connectivity index (χ4n) is 6.33. The molecule has 2 fully saturated rings. The maximum absolute atomic E-state index is 6.04. The van der Waals surface area contributed by atoms with E-state index in [-0.39, 0.29) is 5.41 Å².